The van der Waals surface area contributed by atoms with Crippen molar-refractivity contribution >= 4 is 23.7 Å². The first-order valence-corrected chi connectivity index (χ1v) is 11.8. The fraction of sp³-hybridized carbons (Fsp3) is 0.407. The number of ether oxygens (including phenoxy) is 1. The van der Waals surface area contributed by atoms with Gasteiger partial charge < -0.3 is 20.1 Å². The van der Waals surface area contributed by atoms with Crippen molar-refractivity contribution in [3.8, 4) is 5.88 Å². The molecule has 0 bridgehead atoms. The number of fused-ring (bicyclic) bond motifs is 1. The van der Waals surface area contributed by atoms with Crippen LogP contribution in [0.4, 0.5) is 0 Å². The number of aryl methyl sites for hydroxylation is 2. The number of rotatable bonds is 5. The molecule has 1 saturated heterocycles. The number of benzene rings is 1. The van der Waals surface area contributed by atoms with Crippen LogP contribution in [0.2, 0.25) is 0 Å². The molecule has 1 aromatic heterocycles. The molecule has 2 unspecified atom stereocenters. The molecular formula is C27H34N4O2. The third-order valence-corrected chi connectivity index (χ3v) is 6.64. The largest absolute Gasteiger partial charge is 0.494 e. The second-order valence-electron chi connectivity index (χ2n) is 8.88. The van der Waals surface area contributed by atoms with Crippen molar-refractivity contribution in [2.45, 2.75) is 46.5 Å². The summed E-state index contributed by atoms with van der Waals surface area (Å²) in [6.07, 6.45) is 8.21. The molecule has 1 fully saturated rings. The van der Waals surface area contributed by atoms with Crippen LogP contribution in [-0.4, -0.2) is 41.4 Å². The summed E-state index contributed by atoms with van der Waals surface area (Å²) < 4.78 is 5.42. The van der Waals surface area contributed by atoms with E-state index >= 15 is 0 Å². The molecule has 1 aliphatic heterocycles. The Hall–Kier alpha value is -3.12. The van der Waals surface area contributed by atoms with E-state index in [2.05, 4.69) is 66.4 Å². The van der Waals surface area contributed by atoms with Crippen molar-refractivity contribution in [3.63, 3.8) is 0 Å². The van der Waals surface area contributed by atoms with E-state index in [4.69, 9.17) is 10.1 Å². The lowest BCUT2D eigenvalue weighted by molar-refractivity contribution is 0.132. The number of H-pyrrole nitrogens is 1. The van der Waals surface area contributed by atoms with E-state index in [-0.39, 0.29) is 17.6 Å². The lowest BCUT2D eigenvalue weighted by atomic mass is 9.78. The highest BCUT2D eigenvalue weighted by Crippen LogP contribution is 2.34. The Bertz CT molecular complexity index is 1230. The van der Waals surface area contributed by atoms with Gasteiger partial charge in [0.1, 0.15) is 5.84 Å². The third kappa shape index (κ3) is 4.81. The molecule has 33 heavy (non-hydrogen) atoms. The van der Waals surface area contributed by atoms with Gasteiger partial charge in [-0.25, -0.2) is 4.99 Å². The zero-order chi connectivity index (χ0) is 23.5. The molecule has 2 heterocycles. The highest BCUT2D eigenvalue weighted by atomic mass is 16.5. The second-order valence-corrected chi connectivity index (χ2v) is 8.88. The van der Waals surface area contributed by atoms with Gasteiger partial charge in [0, 0.05) is 34.8 Å². The lowest BCUT2D eigenvalue weighted by Crippen LogP contribution is -2.34. The summed E-state index contributed by atoms with van der Waals surface area (Å²) in [4.78, 5) is 7.62. The van der Waals surface area contributed by atoms with Crippen LogP contribution in [0.15, 0.2) is 35.0 Å². The summed E-state index contributed by atoms with van der Waals surface area (Å²) in [5.74, 6) is 0.791. The summed E-state index contributed by atoms with van der Waals surface area (Å²) in [5, 5.41) is 24.2. The topological polar surface area (TPSA) is 93.5 Å². The molecule has 1 aromatic carbocycles. The molecule has 0 saturated carbocycles. The first-order valence-electron chi connectivity index (χ1n) is 11.8. The molecule has 4 rings (SSSR count). The number of nitrogens with zero attached hydrogens (tertiary/aromatic N) is 1. The van der Waals surface area contributed by atoms with Crippen LogP contribution < -0.4 is 15.9 Å². The lowest BCUT2D eigenvalue weighted by Gasteiger charge is -2.25. The van der Waals surface area contributed by atoms with Gasteiger partial charge in [0.25, 0.3) is 0 Å². The van der Waals surface area contributed by atoms with E-state index in [0.29, 0.717) is 30.4 Å². The Morgan fingerprint density at radius 3 is 2.82 bits per heavy atom. The highest BCUT2D eigenvalue weighted by molar-refractivity contribution is 6.09. The maximum atomic E-state index is 10.8. The smallest absolute Gasteiger partial charge is 0.198 e. The van der Waals surface area contributed by atoms with Gasteiger partial charge in [0.2, 0.25) is 0 Å². The van der Waals surface area contributed by atoms with Crippen molar-refractivity contribution < 1.29 is 9.84 Å². The molecule has 6 heteroatoms. The fourth-order valence-electron chi connectivity index (χ4n) is 4.82. The minimum atomic E-state index is 0.0999. The predicted octanol–water partition coefficient (Wildman–Crippen LogP) is 3.27. The Kier molecular flexibility index (Phi) is 6.84. The zero-order valence-electron chi connectivity index (χ0n) is 20.0. The highest BCUT2D eigenvalue weighted by Gasteiger charge is 2.25. The minimum Gasteiger partial charge on any atom is -0.494 e. The molecule has 2 aromatic rings. The van der Waals surface area contributed by atoms with Crippen LogP contribution in [-0.2, 0) is 11.2 Å². The van der Waals surface area contributed by atoms with Crippen molar-refractivity contribution in [1.29, 1.82) is 5.41 Å². The van der Waals surface area contributed by atoms with Crippen LogP contribution in [0.3, 0.4) is 0 Å². The number of hydrogen-bond donors (Lipinski definition) is 4. The van der Waals surface area contributed by atoms with Crippen molar-refractivity contribution in [3.05, 3.63) is 62.8 Å². The van der Waals surface area contributed by atoms with E-state index in [0.717, 1.165) is 35.7 Å². The van der Waals surface area contributed by atoms with Gasteiger partial charge in [-0.05, 0) is 49.3 Å². The number of morpholine rings is 1. The van der Waals surface area contributed by atoms with Gasteiger partial charge in [-0.2, -0.15) is 0 Å². The fourth-order valence-corrected chi connectivity index (χ4v) is 4.82. The minimum absolute atomic E-state index is 0.0999. The maximum absolute atomic E-state index is 10.8. The van der Waals surface area contributed by atoms with E-state index in [9.17, 15) is 5.11 Å². The first kappa shape index (κ1) is 23.1. The Morgan fingerprint density at radius 1 is 1.30 bits per heavy atom. The van der Waals surface area contributed by atoms with Gasteiger partial charge in [-0.15, -0.1) is 0 Å². The number of nitrogens with one attached hydrogen (secondary N) is 3. The number of aromatic amines is 1. The number of aromatic hydroxyl groups is 1. The second kappa shape index (κ2) is 9.79. The van der Waals surface area contributed by atoms with Crippen molar-refractivity contribution in [1.82, 2.24) is 10.3 Å². The third-order valence-electron chi connectivity index (χ3n) is 6.64. The van der Waals surface area contributed by atoms with Gasteiger partial charge in [0.15, 0.2) is 5.88 Å². The van der Waals surface area contributed by atoms with Gasteiger partial charge >= 0.3 is 0 Å². The Balaban J connectivity index is 1.77. The summed E-state index contributed by atoms with van der Waals surface area (Å²) >= 11 is 0. The van der Waals surface area contributed by atoms with Crippen LogP contribution in [0.5, 0.6) is 5.88 Å². The number of aliphatic imine (C=N–C) groups is 1. The summed E-state index contributed by atoms with van der Waals surface area (Å²) in [6, 6.07) is 6.74. The van der Waals surface area contributed by atoms with Crippen LogP contribution in [0.25, 0.3) is 12.2 Å². The molecule has 0 spiro atoms. The van der Waals surface area contributed by atoms with Gasteiger partial charge in [-0.3, -0.25) is 5.41 Å². The van der Waals surface area contributed by atoms with Crippen molar-refractivity contribution in [2.75, 3.05) is 19.8 Å². The van der Waals surface area contributed by atoms with Crippen LogP contribution in [0.1, 0.15) is 55.4 Å². The SMILES string of the molecule is CCc1ccc(C)c(C2C=c3c(C(C)=NC(=N)/C=C4/COCCN4)c(O)[nH]c3=CC2CC)c1. The molecule has 0 amide bonds. The molecule has 2 aliphatic rings. The maximum Gasteiger partial charge on any atom is 0.198 e. The number of aromatic nitrogens is 1. The Morgan fingerprint density at radius 2 is 2.12 bits per heavy atom. The standard InChI is InChI=1S/C27H34N4O2/c1-5-18-8-7-16(3)21(11-18)22-14-23-24(12-19(22)6-2)31-27(32)26(23)17(4)30-25(28)13-20-15-33-10-9-29-20/h7-8,11-14,19,22,28-29,31-32H,5-6,9-10,15H2,1-4H3/b20-13-,28-25?,30-17?. The van der Waals surface area contributed by atoms with E-state index in [1.54, 1.807) is 6.08 Å². The van der Waals surface area contributed by atoms with Crippen LogP contribution in [0, 0.1) is 18.3 Å². The Labute approximate surface area is 195 Å². The van der Waals surface area contributed by atoms with Gasteiger partial charge in [0.05, 0.1) is 24.5 Å². The molecule has 4 N–H and O–H groups in total. The van der Waals surface area contributed by atoms with E-state index in [1.165, 1.54) is 16.7 Å². The first-order chi connectivity index (χ1) is 15.9. The number of amidine groups is 1. The molecule has 6 nitrogen and oxygen atoms in total. The van der Waals surface area contributed by atoms with E-state index < -0.39 is 0 Å². The molecule has 2 atom stereocenters. The molecule has 1 aliphatic carbocycles. The quantitative estimate of drug-likeness (QED) is 0.420. The van der Waals surface area contributed by atoms with Crippen LogP contribution >= 0.6 is 0 Å². The molecule has 174 valence electrons. The van der Waals surface area contributed by atoms with Crippen molar-refractivity contribution in [2.24, 2.45) is 10.9 Å². The zero-order valence-corrected chi connectivity index (χ0v) is 20.0. The number of hydrogen-bond acceptors (Lipinski definition) is 4. The molecule has 0 radical (unpaired) electrons. The normalized spacial score (nSPS) is 21.7. The summed E-state index contributed by atoms with van der Waals surface area (Å²) in [5.41, 5.74) is 6.08. The van der Waals surface area contributed by atoms with E-state index in [1.807, 2.05) is 6.92 Å². The average Bonchev–Trinajstić information content (AvgIpc) is 3.13. The van der Waals surface area contributed by atoms with Gasteiger partial charge in [-0.1, -0.05) is 44.2 Å². The monoisotopic (exact) mass is 446 g/mol. The summed E-state index contributed by atoms with van der Waals surface area (Å²) in [6.45, 7) is 10.3. The summed E-state index contributed by atoms with van der Waals surface area (Å²) in [7, 11) is 0. The predicted molar refractivity (Wildman–Crippen MR) is 135 cm³/mol. The average molecular weight is 447 g/mol. The molecular weight excluding hydrogens is 412 g/mol.